The van der Waals surface area contributed by atoms with E-state index >= 15 is 0 Å². The van der Waals surface area contributed by atoms with Gasteiger partial charge in [0.05, 0.1) is 5.92 Å². The Balaban J connectivity index is 2.18. The SMILES string of the molecule is CCCCN(CCCC)C[C@H](C(=O)Nc1ccccc1)/C(C)=N/NC(=O)c1ccncc1. The Labute approximate surface area is 191 Å². The van der Waals surface area contributed by atoms with Crippen molar-refractivity contribution in [2.45, 2.75) is 46.5 Å². The lowest BCUT2D eigenvalue weighted by Gasteiger charge is -2.27. The van der Waals surface area contributed by atoms with Crippen LogP contribution in [0, 0.1) is 5.92 Å². The number of benzene rings is 1. The van der Waals surface area contributed by atoms with Crippen molar-refractivity contribution in [3.63, 3.8) is 0 Å². The van der Waals surface area contributed by atoms with Crippen molar-refractivity contribution in [2.24, 2.45) is 11.0 Å². The molecule has 2 amide bonds. The van der Waals surface area contributed by atoms with E-state index in [1.165, 1.54) is 0 Å². The van der Waals surface area contributed by atoms with Gasteiger partial charge in [-0.3, -0.25) is 14.6 Å². The molecule has 0 saturated heterocycles. The molecule has 0 aliphatic carbocycles. The second-order valence-corrected chi connectivity index (χ2v) is 7.85. The maximum absolute atomic E-state index is 13.2. The minimum absolute atomic E-state index is 0.131. The van der Waals surface area contributed by atoms with Crippen LogP contribution in [0.3, 0.4) is 0 Å². The number of unbranched alkanes of at least 4 members (excludes halogenated alkanes) is 2. The number of aromatic nitrogens is 1. The van der Waals surface area contributed by atoms with Gasteiger partial charge in [0.2, 0.25) is 5.91 Å². The van der Waals surface area contributed by atoms with E-state index in [2.05, 4.69) is 39.6 Å². The topological polar surface area (TPSA) is 86.7 Å². The maximum Gasteiger partial charge on any atom is 0.271 e. The molecule has 0 radical (unpaired) electrons. The van der Waals surface area contributed by atoms with E-state index in [0.29, 0.717) is 17.8 Å². The molecule has 0 saturated carbocycles. The molecule has 1 aromatic carbocycles. The van der Waals surface area contributed by atoms with Crippen molar-refractivity contribution in [1.82, 2.24) is 15.3 Å². The van der Waals surface area contributed by atoms with Crippen LogP contribution in [0.4, 0.5) is 5.69 Å². The Morgan fingerprint density at radius 1 is 1.00 bits per heavy atom. The molecule has 7 heteroatoms. The van der Waals surface area contributed by atoms with Crippen LogP contribution >= 0.6 is 0 Å². The van der Waals surface area contributed by atoms with Crippen molar-refractivity contribution in [3.05, 3.63) is 60.4 Å². The number of nitrogens with one attached hydrogen (secondary N) is 2. The molecule has 0 aliphatic heterocycles. The third kappa shape index (κ3) is 8.59. The number of para-hydroxylation sites is 1. The Hall–Kier alpha value is -3.06. The van der Waals surface area contributed by atoms with E-state index in [1.54, 1.807) is 31.5 Å². The second-order valence-electron chi connectivity index (χ2n) is 7.85. The number of nitrogens with zero attached hydrogens (tertiary/aromatic N) is 3. The van der Waals surface area contributed by atoms with Crippen LogP contribution in [0.1, 0.15) is 56.8 Å². The standard InChI is InChI=1S/C25H35N5O2/c1-4-6-17-30(18-7-5-2)19-23(25(32)27-22-11-9-8-10-12-22)20(3)28-29-24(31)21-13-15-26-16-14-21/h8-16,23H,4-7,17-19H2,1-3H3,(H,27,32)(H,29,31)/b28-20+/t23-/m0/s1. The first-order valence-electron chi connectivity index (χ1n) is 11.4. The average molecular weight is 438 g/mol. The summed E-state index contributed by atoms with van der Waals surface area (Å²) in [6, 6.07) is 12.6. The number of pyridine rings is 1. The molecule has 2 aromatic rings. The Kier molecular flexibility index (Phi) is 11.1. The molecule has 0 unspecified atom stereocenters. The van der Waals surface area contributed by atoms with Crippen molar-refractivity contribution < 1.29 is 9.59 Å². The van der Waals surface area contributed by atoms with E-state index in [0.717, 1.165) is 44.5 Å². The van der Waals surface area contributed by atoms with Crippen LogP contribution in [0.5, 0.6) is 0 Å². The molecular formula is C25H35N5O2. The van der Waals surface area contributed by atoms with Crippen LogP contribution in [0.15, 0.2) is 60.0 Å². The third-order valence-corrected chi connectivity index (χ3v) is 5.23. The minimum atomic E-state index is -0.485. The van der Waals surface area contributed by atoms with Crippen molar-refractivity contribution in [3.8, 4) is 0 Å². The third-order valence-electron chi connectivity index (χ3n) is 5.23. The van der Waals surface area contributed by atoms with E-state index in [1.807, 2.05) is 30.3 Å². The number of anilines is 1. The lowest BCUT2D eigenvalue weighted by atomic mass is 10.0. The Morgan fingerprint density at radius 2 is 1.62 bits per heavy atom. The van der Waals surface area contributed by atoms with Crippen LogP contribution < -0.4 is 10.7 Å². The maximum atomic E-state index is 13.2. The lowest BCUT2D eigenvalue weighted by Crippen LogP contribution is -2.41. The molecule has 1 heterocycles. The lowest BCUT2D eigenvalue weighted by molar-refractivity contribution is -0.118. The summed E-state index contributed by atoms with van der Waals surface area (Å²) in [6.07, 6.45) is 7.45. The van der Waals surface area contributed by atoms with Gasteiger partial charge in [-0.05, 0) is 57.1 Å². The molecule has 2 N–H and O–H groups in total. The number of amides is 2. The fourth-order valence-corrected chi connectivity index (χ4v) is 3.26. The molecule has 0 spiro atoms. The zero-order valence-corrected chi connectivity index (χ0v) is 19.4. The first-order chi connectivity index (χ1) is 15.5. The molecule has 0 aliphatic rings. The molecule has 7 nitrogen and oxygen atoms in total. The fraction of sp³-hybridized carbons (Fsp3) is 0.440. The first kappa shape index (κ1) is 25.2. The molecule has 32 heavy (non-hydrogen) atoms. The molecular weight excluding hydrogens is 402 g/mol. The summed E-state index contributed by atoms with van der Waals surface area (Å²) < 4.78 is 0. The highest BCUT2D eigenvalue weighted by Crippen LogP contribution is 2.13. The van der Waals surface area contributed by atoms with Crippen molar-refractivity contribution in [1.29, 1.82) is 0 Å². The summed E-state index contributed by atoms with van der Waals surface area (Å²) in [5.74, 6) is -0.946. The van der Waals surface area contributed by atoms with Gasteiger partial charge in [-0.2, -0.15) is 5.10 Å². The van der Waals surface area contributed by atoms with Gasteiger partial charge in [-0.15, -0.1) is 0 Å². The highest BCUT2D eigenvalue weighted by atomic mass is 16.2. The monoisotopic (exact) mass is 437 g/mol. The van der Waals surface area contributed by atoms with Gasteiger partial charge in [0.15, 0.2) is 0 Å². The van der Waals surface area contributed by atoms with Crippen LogP contribution in [0.2, 0.25) is 0 Å². The average Bonchev–Trinajstić information content (AvgIpc) is 2.83. The molecule has 1 aromatic heterocycles. The Morgan fingerprint density at radius 3 is 2.22 bits per heavy atom. The number of hydrogen-bond donors (Lipinski definition) is 2. The normalized spacial score (nSPS) is 12.4. The fourth-order valence-electron chi connectivity index (χ4n) is 3.26. The van der Waals surface area contributed by atoms with Gasteiger partial charge in [-0.1, -0.05) is 44.9 Å². The zero-order valence-electron chi connectivity index (χ0n) is 19.4. The smallest absolute Gasteiger partial charge is 0.271 e. The number of carbonyl (C=O) groups excluding carboxylic acids is 2. The van der Waals surface area contributed by atoms with Gasteiger partial charge in [0.25, 0.3) is 5.91 Å². The second kappa shape index (κ2) is 14.1. The first-order valence-corrected chi connectivity index (χ1v) is 11.4. The van der Waals surface area contributed by atoms with Crippen molar-refractivity contribution >= 4 is 23.2 Å². The summed E-state index contributed by atoms with van der Waals surface area (Å²) in [5, 5.41) is 7.28. The van der Waals surface area contributed by atoms with Crippen LogP contribution in [0.25, 0.3) is 0 Å². The van der Waals surface area contributed by atoms with Gasteiger partial charge in [0.1, 0.15) is 0 Å². The number of rotatable bonds is 13. The highest BCUT2D eigenvalue weighted by Gasteiger charge is 2.25. The summed E-state index contributed by atoms with van der Waals surface area (Å²) in [6.45, 7) is 8.54. The van der Waals surface area contributed by atoms with E-state index < -0.39 is 5.92 Å². The number of carbonyl (C=O) groups is 2. The summed E-state index contributed by atoms with van der Waals surface area (Å²) in [5.41, 5.74) is 4.36. The van der Waals surface area contributed by atoms with Crippen molar-refractivity contribution in [2.75, 3.05) is 25.0 Å². The largest absolute Gasteiger partial charge is 0.325 e. The molecule has 172 valence electrons. The highest BCUT2D eigenvalue weighted by molar-refractivity contribution is 6.09. The predicted molar refractivity (Wildman–Crippen MR) is 130 cm³/mol. The van der Waals surface area contributed by atoms with E-state index in [-0.39, 0.29) is 11.8 Å². The molecule has 2 rings (SSSR count). The van der Waals surface area contributed by atoms with E-state index in [4.69, 9.17) is 0 Å². The summed E-state index contributed by atoms with van der Waals surface area (Å²) in [7, 11) is 0. The molecule has 0 bridgehead atoms. The number of hydrazone groups is 1. The predicted octanol–water partition coefficient (Wildman–Crippen LogP) is 4.34. The van der Waals surface area contributed by atoms with Gasteiger partial charge in [-0.25, -0.2) is 5.43 Å². The van der Waals surface area contributed by atoms with Crippen LogP contribution in [-0.4, -0.2) is 47.0 Å². The minimum Gasteiger partial charge on any atom is -0.325 e. The molecule has 1 atom stereocenters. The van der Waals surface area contributed by atoms with Gasteiger partial charge >= 0.3 is 0 Å². The quantitative estimate of drug-likeness (QED) is 0.360. The number of hydrogen-bond acceptors (Lipinski definition) is 5. The summed E-state index contributed by atoms with van der Waals surface area (Å²) in [4.78, 5) is 31.8. The van der Waals surface area contributed by atoms with Gasteiger partial charge in [0, 0.05) is 35.9 Å². The Bertz CT molecular complexity index is 847. The van der Waals surface area contributed by atoms with Crippen LogP contribution in [-0.2, 0) is 4.79 Å². The van der Waals surface area contributed by atoms with Gasteiger partial charge < -0.3 is 10.2 Å². The molecule has 0 fully saturated rings. The van der Waals surface area contributed by atoms with E-state index in [9.17, 15) is 9.59 Å². The zero-order chi connectivity index (χ0) is 23.2. The summed E-state index contributed by atoms with van der Waals surface area (Å²) >= 11 is 0.